The molecule has 0 aromatic carbocycles. The summed E-state index contributed by atoms with van der Waals surface area (Å²) in [5.74, 6) is 0.810. The van der Waals surface area contributed by atoms with E-state index in [1.165, 1.54) is 0 Å². The van der Waals surface area contributed by atoms with Crippen LogP contribution in [-0.4, -0.2) is 58.7 Å². The molecule has 1 aliphatic heterocycles. The first kappa shape index (κ1) is 12.1. The molecule has 0 bridgehead atoms. The topological polar surface area (TPSA) is 64.0 Å². The van der Waals surface area contributed by atoms with Crippen molar-refractivity contribution < 1.29 is 28.1 Å². The van der Waals surface area contributed by atoms with Crippen LogP contribution in [0, 0.1) is 0 Å². The fourth-order valence-electron chi connectivity index (χ4n) is 1.27. The van der Waals surface area contributed by atoms with Gasteiger partial charge in [-0.2, -0.15) is 13.9 Å². The molecule has 15 heavy (non-hydrogen) atoms. The van der Waals surface area contributed by atoms with Crippen molar-refractivity contribution in [1.29, 1.82) is 0 Å². The lowest BCUT2D eigenvalue weighted by Gasteiger charge is -2.37. The van der Waals surface area contributed by atoms with Crippen molar-refractivity contribution in [1.82, 2.24) is 10.0 Å². The Bertz CT molecular complexity index is 295. The van der Waals surface area contributed by atoms with Crippen molar-refractivity contribution in [3.8, 4) is 0 Å². The average molecular weight is 224 g/mol. The molecule has 1 heterocycles. The van der Waals surface area contributed by atoms with Gasteiger partial charge in [0.1, 0.15) is 0 Å². The van der Waals surface area contributed by atoms with Gasteiger partial charge in [-0.1, -0.05) is 4.48 Å². The monoisotopic (exact) mass is 224 g/mol. The third kappa shape index (κ3) is 2.32. The third-order valence-electron chi connectivity index (χ3n) is 1.97. The molecule has 0 unspecified atom stereocenters. The fourth-order valence-corrected chi connectivity index (χ4v) is 1.27. The maximum atomic E-state index is 13.3. The van der Waals surface area contributed by atoms with E-state index in [1.807, 2.05) is 0 Å². The van der Waals surface area contributed by atoms with Crippen molar-refractivity contribution in [3.63, 3.8) is 0 Å². The number of hydrogen-bond acceptors (Lipinski definition) is 5. The summed E-state index contributed by atoms with van der Waals surface area (Å²) in [7, 11) is -1.98. The maximum absolute atomic E-state index is 13.3. The van der Waals surface area contributed by atoms with E-state index in [1.54, 1.807) is 0 Å². The highest BCUT2D eigenvalue weighted by Gasteiger charge is 2.50. The zero-order valence-corrected chi connectivity index (χ0v) is 7.53. The first-order valence-corrected chi connectivity index (χ1v) is 4.07. The van der Waals surface area contributed by atoms with Crippen molar-refractivity contribution in [2.24, 2.45) is 0 Å². The van der Waals surface area contributed by atoms with E-state index in [0.717, 1.165) is 5.94 Å². The quantitative estimate of drug-likeness (QED) is 0.267. The summed E-state index contributed by atoms with van der Waals surface area (Å²) in [6.45, 7) is -0.876. The van der Waals surface area contributed by atoms with Crippen LogP contribution in [0.5, 0.6) is 0 Å². The second-order valence-corrected chi connectivity index (χ2v) is 3.00. The summed E-state index contributed by atoms with van der Waals surface area (Å²) >= 11 is 0. The van der Waals surface area contributed by atoms with Crippen LogP contribution in [-0.2, 0) is 4.79 Å². The van der Waals surface area contributed by atoms with E-state index in [2.05, 4.69) is 0 Å². The zero-order chi connectivity index (χ0) is 11.6. The Morgan fingerprint density at radius 2 is 2.07 bits per heavy atom. The lowest BCUT2D eigenvalue weighted by Crippen LogP contribution is -2.56. The van der Waals surface area contributed by atoms with E-state index < -0.39 is 43.5 Å². The molecule has 0 saturated carbocycles. The summed E-state index contributed by atoms with van der Waals surface area (Å²) in [4.78, 5) is 10.4. The largest absolute Gasteiger partial charge is 0.466 e. The van der Waals surface area contributed by atoms with E-state index in [-0.39, 0.29) is 0 Å². The molecular weight excluding hydrogens is 216 g/mol. The first-order chi connectivity index (χ1) is 6.89. The molecule has 9 heteroatoms. The lowest BCUT2D eigenvalue weighted by molar-refractivity contribution is -0.173. The van der Waals surface area contributed by atoms with Crippen molar-refractivity contribution in [3.05, 3.63) is 5.70 Å². The van der Waals surface area contributed by atoms with Crippen LogP contribution < -0.4 is 0 Å². The van der Waals surface area contributed by atoms with Gasteiger partial charge in [0.2, 0.25) is 5.70 Å². The minimum absolute atomic E-state index is 0.300. The van der Waals surface area contributed by atoms with Crippen LogP contribution in [0.25, 0.3) is 0 Å². The summed E-state index contributed by atoms with van der Waals surface area (Å²) in [6.07, 6.45) is -0.772. The standard InChI is InChI=1S/C6H8BF3N2O3/c8-6(9)5(3-13)12(10)2-1-11(6)4-7(14)15/h14-15H,1-2,4H2. The molecule has 0 aromatic heterocycles. The van der Waals surface area contributed by atoms with Gasteiger partial charge < -0.3 is 10.0 Å². The molecule has 0 radical (unpaired) electrons. The number of hydrogen-bond donors (Lipinski definition) is 2. The molecule has 1 saturated heterocycles. The Balaban J connectivity index is 2.90. The molecule has 0 atom stereocenters. The molecule has 5 nitrogen and oxygen atoms in total. The molecule has 1 fully saturated rings. The number of alkyl halides is 2. The van der Waals surface area contributed by atoms with Crippen molar-refractivity contribution in [2.45, 2.75) is 6.05 Å². The van der Waals surface area contributed by atoms with E-state index in [4.69, 9.17) is 10.0 Å². The van der Waals surface area contributed by atoms with Gasteiger partial charge in [0.15, 0.2) is 5.94 Å². The number of rotatable bonds is 2. The van der Waals surface area contributed by atoms with E-state index >= 15 is 0 Å². The van der Waals surface area contributed by atoms with Gasteiger partial charge in [-0.25, -0.2) is 9.69 Å². The molecule has 1 aliphatic rings. The van der Waals surface area contributed by atoms with Crippen molar-refractivity contribution in [2.75, 3.05) is 19.5 Å². The van der Waals surface area contributed by atoms with Gasteiger partial charge in [0.25, 0.3) is 0 Å². The Morgan fingerprint density at radius 1 is 1.47 bits per heavy atom. The second kappa shape index (κ2) is 4.24. The number of nitrogens with zero attached hydrogens (tertiary/aromatic N) is 2. The molecule has 0 spiro atoms. The SMILES string of the molecule is O=C=C1N(F)CCN(CB(O)O)C1(F)F. The van der Waals surface area contributed by atoms with Gasteiger partial charge in [0, 0.05) is 13.0 Å². The number of piperazine rings is 1. The average Bonchev–Trinajstić information content (AvgIpc) is 2.10. The Labute approximate surface area is 83.5 Å². The highest BCUT2D eigenvalue weighted by Crippen LogP contribution is 2.32. The smallest absolute Gasteiger partial charge is 0.426 e. The van der Waals surface area contributed by atoms with Gasteiger partial charge >= 0.3 is 13.2 Å². The minimum Gasteiger partial charge on any atom is -0.426 e. The molecule has 1 rings (SSSR count). The Hall–Kier alpha value is -1.02. The minimum atomic E-state index is -3.88. The summed E-state index contributed by atoms with van der Waals surface area (Å²) in [6, 6.07) is -3.88. The zero-order valence-electron chi connectivity index (χ0n) is 7.53. The van der Waals surface area contributed by atoms with E-state index in [9.17, 15) is 18.1 Å². The normalized spacial score (nSPS) is 21.4. The van der Waals surface area contributed by atoms with Crippen LogP contribution in [0.1, 0.15) is 0 Å². The first-order valence-electron chi connectivity index (χ1n) is 4.07. The molecule has 0 aromatic rings. The molecule has 0 amide bonds. The molecule has 2 N–H and O–H groups in total. The predicted molar refractivity (Wildman–Crippen MR) is 43.7 cm³/mol. The Morgan fingerprint density at radius 3 is 2.53 bits per heavy atom. The summed E-state index contributed by atoms with van der Waals surface area (Å²) in [5.41, 5.74) is -1.45. The van der Waals surface area contributed by atoms with Gasteiger partial charge in [-0.15, -0.1) is 0 Å². The summed E-state index contributed by atoms with van der Waals surface area (Å²) in [5, 5.41) is 16.7. The fraction of sp³-hybridized carbons (Fsp3) is 0.667. The highest BCUT2D eigenvalue weighted by molar-refractivity contribution is 6.41. The second-order valence-electron chi connectivity index (χ2n) is 3.00. The third-order valence-corrected chi connectivity index (χ3v) is 1.97. The number of halogens is 3. The van der Waals surface area contributed by atoms with Gasteiger partial charge in [0.05, 0.1) is 6.54 Å². The number of carbonyl (C=O) groups excluding carboxylic acids is 1. The molecular formula is C6H8BF3N2O3. The van der Waals surface area contributed by atoms with Gasteiger partial charge in [-0.05, 0) is 0 Å². The molecule has 0 aliphatic carbocycles. The van der Waals surface area contributed by atoms with Gasteiger partial charge in [-0.3, -0.25) is 0 Å². The van der Waals surface area contributed by atoms with Crippen LogP contribution >= 0.6 is 0 Å². The van der Waals surface area contributed by atoms with E-state index in [0.29, 0.717) is 4.90 Å². The van der Waals surface area contributed by atoms with Crippen LogP contribution in [0.15, 0.2) is 5.70 Å². The highest BCUT2D eigenvalue weighted by atomic mass is 19.3. The van der Waals surface area contributed by atoms with Crippen LogP contribution in [0.3, 0.4) is 0 Å². The van der Waals surface area contributed by atoms with Crippen molar-refractivity contribution >= 4 is 13.1 Å². The van der Waals surface area contributed by atoms with Crippen LogP contribution in [0.4, 0.5) is 13.3 Å². The molecule has 84 valence electrons. The maximum Gasteiger partial charge on any atom is 0.466 e. The lowest BCUT2D eigenvalue weighted by atomic mass is 9.90. The van der Waals surface area contributed by atoms with Crippen LogP contribution in [0.2, 0.25) is 0 Å². The predicted octanol–water partition coefficient (Wildman–Crippen LogP) is -1.19. The Kier molecular flexibility index (Phi) is 3.40. The summed E-state index contributed by atoms with van der Waals surface area (Å²) < 4.78 is 39.3.